The van der Waals surface area contributed by atoms with Gasteiger partial charge >= 0.3 is 0 Å². The SMILES string of the molecule is c1ccc(-c2ccc(CCN(Cc3cccc4ccc5nc(-c6ccccc6)oc5c34)c3ccccc3-c3ccccc3)c(-c3ccc4ccccc4c3)c2)cc1. The van der Waals surface area contributed by atoms with Gasteiger partial charge in [-0.25, -0.2) is 4.98 Å². The third-order valence-corrected chi connectivity index (χ3v) is 11.1. The molecule has 272 valence electrons. The molecule has 10 rings (SSSR count). The van der Waals surface area contributed by atoms with Crippen LogP contribution in [0, 0.1) is 0 Å². The zero-order chi connectivity index (χ0) is 38.0. The Morgan fingerprint density at radius 3 is 1.88 bits per heavy atom. The molecule has 0 amide bonds. The van der Waals surface area contributed by atoms with Crippen molar-refractivity contribution < 1.29 is 4.42 Å². The Morgan fingerprint density at radius 2 is 1.07 bits per heavy atom. The summed E-state index contributed by atoms with van der Waals surface area (Å²) >= 11 is 0. The molecule has 0 unspecified atom stereocenters. The molecule has 3 heteroatoms. The fourth-order valence-corrected chi connectivity index (χ4v) is 8.25. The van der Waals surface area contributed by atoms with Crippen molar-refractivity contribution in [2.75, 3.05) is 11.4 Å². The number of benzene rings is 9. The Morgan fingerprint density at radius 1 is 0.421 bits per heavy atom. The number of hydrogen-bond donors (Lipinski definition) is 0. The number of anilines is 1. The predicted molar refractivity (Wildman–Crippen MR) is 238 cm³/mol. The molecule has 0 N–H and O–H groups in total. The number of hydrogen-bond acceptors (Lipinski definition) is 3. The van der Waals surface area contributed by atoms with Crippen molar-refractivity contribution in [3.63, 3.8) is 0 Å². The number of aromatic nitrogens is 1. The maximum absolute atomic E-state index is 6.63. The molecular formula is C54H40N2O. The largest absolute Gasteiger partial charge is 0.435 e. The first-order valence-corrected chi connectivity index (χ1v) is 19.7. The van der Waals surface area contributed by atoms with E-state index in [1.807, 2.05) is 18.2 Å². The maximum atomic E-state index is 6.63. The number of rotatable bonds is 10. The number of para-hydroxylation sites is 1. The van der Waals surface area contributed by atoms with Gasteiger partial charge in [0, 0.05) is 35.3 Å². The van der Waals surface area contributed by atoms with Crippen LogP contribution >= 0.6 is 0 Å². The standard InChI is InChI=1S/C54H40N2O/c1-4-15-38(16-5-1)45-29-28-41(49(36-45)46-30-27-39-17-10-11-22-44(39)35-46)33-34-56(51-26-13-12-25-48(51)40-18-6-2-7-19-40)37-47-24-14-23-42-31-32-50-53(52(42)47)57-54(55-50)43-20-8-3-9-21-43/h1-32,35-36H,33-34,37H2. The molecule has 3 nitrogen and oxygen atoms in total. The van der Waals surface area contributed by atoms with E-state index >= 15 is 0 Å². The molecule has 0 saturated carbocycles. The maximum Gasteiger partial charge on any atom is 0.227 e. The van der Waals surface area contributed by atoms with E-state index in [2.05, 4.69) is 193 Å². The van der Waals surface area contributed by atoms with Crippen LogP contribution in [0.3, 0.4) is 0 Å². The van der Waals surface area contributed by atoms with Gasteiger partial charge < -0.3 is 9.32 Å². The van der Waals surface area contributed by atoms with Gasteiger partial charge in [0.05, 0.1) is 0 Å². The van der Waals surface area contributed by atoms with Crippen LogP contribution in [-0.2, 0) is 13.0 Å². The molecule has 0 atom stereocenters. The lowest BCUT2D eigenvalue weighted by Crippen LogP contribution is -2.26. The number of nitrogens with zero attached hydrogens (tertiary/aromatic N) is 2. The molecule has 0 spiro atoms. The van der Waals surface area contributed by atoms with Crippen molar-refractivity contribution in [3.8, 4) is 44.8 Å². The second-order valence-corrected chi connectivity index (χ2v) is 14.7. The molecule has 0 radical (unpaired) electrons. The smallest absolute Gasteiger partial charge is 0.227 e. The Hall–Kier alpha value is -7.23. The van der Waals surface area contributed by atoms with Crippen molar-refractivity contribution >= 4 is 38.3 Å². The monoisotopic (exact) mass is 732 g/mol. The van der Waals surface area contributed by atoms with E-state index in [9.17, 15) is 0 Å². The van der Waals surface area contributed by atoms with Crippen molar-refractivity contribution in [1.29, 1.82) is 0 Å². The van der Waals surface area contributed by atoms with Crippen molar-refractivity contribution in [1.82, 2.24) is 4.98 Å². The normalized spacial score (nSPS) is 11.4. The Labute approximate surface area is 333 Å². The molecule has 57 heavy (non-hydrogen) atoms. The second kappa shape index (κ2) is 15.1. The van der Waals surface area contributed by atoms with Gasteiger partial charge in [0.2, 0.25) is 5.89 Å². The van der Waals surface area contributed by atoms with E-state index in [4.69, 9.17) is 9.40 Å². The van der Waals surface area contributed by atoms with Gasteiger partial charge in [-0.1, -0.05) is 170 Å². The van der Waals surface area contributed by atoms with Crippen LogP contribution in [0.1, 0.15) is 11.1 Å². The third-order valence-electron chi connectivity index (χ3n) is 11.1. The number of fused-ring (bicyclic) bond motifs is 4. The summed E-state index contributed by atoms with van der Waals surface area (Å²) in [6, 6.07) is 73.8. The van der Waals surface area contributed by atoms with Crippen molar-refractivity contribution in [3.05, 3.63) is 217 Å². The summed E-state index contributed by atoms with van der Waals surface area (Å²) in [6.07, 6.45) is 0.848. The van der Waals surface area contributed by atoms with Gasteiger partial charge in [-0.15, -0.1) is 0 Å². The molecule has 0 fully saturated rings. The van der Waals surface area contributed by atoms with Crippen LogP contribution in [0.5, 0.6) is 0 Å². The highest BCUT2D eigenvalue weighted by atomic mass is 16.3. The third kappa shape index (κ3) is 6.85. The van der Waals surface area contributed by atoms with Crippen molar-refractivity contribution in [2.24, 2.45) is 0 Å². The lowest BCUT2D eigenvalue weighted by atomic mass is 9.91. The molecule has 0 saturated heterocycles. The van der Waals surface area contributed by atoms with Crippen molar-refractivity contribution in [2.45, 2.75) is 13.0 Å². The van der Waals surface area contributed by atoms with Crippen LogP contribution in [0.4, 0.5) is 5.69 Å². The molecular weight excluding hydrogens is 693 g/mol. The highest BCUT2D eigenvalue weighted by Crippen LogP contribution is 2.37. The lowest BCUT2D eigenvalue weighted by Gasteiger charge is -2.29. The average Bonchev–Trinajstić information content (AvgIpc) is 3.74. The van der Waals surface area contributed by atoms with Crippen LogP contribution in [-0.4, -0.2) is 11.5 Å². The predicted octanol–water partition coefficient (Wildman–Crippen LogP) is 14.1. The summed E-state index contributed by atoms with van der Waals surface area (Å²) in [5, 5.41) is 4.74. The summed E-state index contributed by atoms with van der Waals surface area (Å²) in [4.78, 5) is 7.50. The first-order chi connectivity index (χ1) is 28.2. The van der Waals surface area contributed by atoms with Gasteiger partial charge in [0.25, 0.3) is 0 Å². The van der Waals surface area contributed by atoms with E-state index in [0.717, 1.165) is 40.4 Å². The van der Waals surface area contributed by atoms with E-state index in [-0.39, 0.29) is 0 Å². The lowest BCUT2D eigenvalue weighted by molar-refractivity contribution is 0.622. The molecule has 0 aliphatic heterocycles. The minimum absolute atomic E-state index is 0.638. The Kier molecular flexibility index (Phi) is 9.10. The zero-order valence-electron chi connectivity index (χ0n) is 31.6. The molecule has 9 aromatic carbocycles. The van der Waals surface area contributed by atoms with E-state index in [0.29, 0.717) is 12.4 Å². The summed E-state index contributed by atoms with van der Waals surface area (Å²) in [7, 11) is 0. The van der Waals surface area contributed by atoms with E-state index in [1.54, 1.807) is 0 Å². The molecule has 0 bridgehead atoms. The Bertz CT molecular complexity index is 2990. The number of oxazole rings is 1. The fourth-order valence-electron chi connectivity index (χ4n) is 8.25. The van der Waals surface area contributed by atoms with Gasteiger partial charge in [0.15, 0.2) is 5.58 Å². The fraction of sp³-hybridized carbons (Fsp3) is 0.0556. The summed E-state index contributed by atoms with van der Waals surface area (Å²) in [5.41, 5.74) is 13.7. The summed E-state index contributed by atoms with van der Waals surface area (Å²) < 4.78 is 6.63. The highest BCUT2D eigenvalue weighted by molar-refractivity contribution is 6.05. The average molecular weight is 733 g/mol. The summed E-state index contributed by atoms with van der Waals surface area (Å²) in [6.45, 7) is 1.49. The molecule has 0 aliphatic carbocycles. The Balaban J connectivity index is 1.09. The van der Waals surface area contributed by atoms with Gasteiger partial charge in [-0.3, -0.25) is 0 Å². The molecule has 10 aromatic rings. The van der Waals surface area contributed by atoms with E-state index in [1.165, 1.54) is 61.0 Å². The van der Waals surface area contributed by atoms with Crippen LogP contribution in [0.15, 0.2) is 211 Å². The van der Waals surface area contributed by atoms with Crippen LogP contribution in [0.25, 0.3) is 77.5 Å². The van der Waals surface area contributed by atoms with Gasteiger partial charge in [0.1, 0.15) is 5.52 Å². The van der Waals surface area contributed by atoms with E-state index < -0.39 is 0 Å². The quantitative estimate of drug-likeness (QED) is 0.140. The highest BCUT2D eigenvalue weighted by Gasteiger charge is 2.19. The first kappa shape index (κ1) is 34.3. The summed E-state index contributed by atoms with van der Waals surface area (Å²) in [5.74, 6) is 0.638. The van der Waals surface area contributed by atoms with Crippen LogP contribution < -0.4 is 4.90 Å². The molecule has 1 heterocycles. The molecule has 0 aliphatic rings. The topological polar surface area (TPSA) is 29.3 Å². The second-order valence-electron chi connectivity index (χ2n) is 14.7. The van der Waals surface area contributed by atoms with Gasteiger partial charge in [-0.2, -0.15) is 0 Å². The first-order valence-electron chi connectivity index (χ1n) is 19.7. The zero-order valence-corrected chi connectivity index (χ0v) is 31.6. The minimum atomic E-state index is 0.638. The van der Waals surface area contributed by atoms with Crippen LogP contribution in [0.2, 0.25) is 0 Å². The minimum Gasteiger partial charge on any atom is -0.435 e. The molecule has 1 aromatic heterocycles. The van der Waals surface area contributed by atoms with Gasteiger partial charge in [-0.05, 0) is 97.9 Å².